The Morgan fingerprint density at radius 3 is 1.69 bits per heavy atom. The molecule has 4 nitrogen and oxygen atoms in total. The van der Waals surface area contributed by atoms with Crippen LogP contribution < -0.4 is 10.6 Å². The van der Waals surface area contributed by atoms with Crippen LogP contribution in [0.25, 0.3) is 0 Å². The molecule has 3 rings (SSSR count). The zero-order chi connectivity index (χ0) is 20.3. The molecule has 4 heteroatoms. The second-order valence-electron chi connectivity index (χ2n) is 7.04. The average Bonchev–Trinajstić information content (AvgIpc) is 2.79. The average molecular weight is 386 g/mol. The van der Waals surface area contributed by atoms with Crippen LogP contribution >= 0.6 is 0 Å². The smallest absolute Gasteiger partial charge is 0.251 e. The van der Waals surface area contributed by atoms with E-state index >= 15 is 0 Å². The van der Waals surface area contributed by atoms with E-state index in [4.69, 9.17) is 0 Å². The minimum absolute atomic E-state index is 0.0719. The molecule has 29 heavy (non-hydrogen) atoms. The predicted octanol–water partition coefficient (Wildman–Crippen LogP) is 4.10. The minimum atomic E-state index is -0.0722. The molecule has 0 fully saturated rings. The monoisotopic (exact) mass is 386 g/mol. The molecule has 0 unspecified atom stereocenters. The van der Waals surface area contributed by atoms with Crippen molar-refractivity contribution in [1.29, 1.82) is 0 Å². The summed E-state index contributed by atoms with van der Waals surface area (Å²) in [5.74, 6) is 0.0792. The van der Waals surface area contributed by atoms with Gasteiger partial charge in [-0.1, -0.05) is 66.7 Å². The summed E-state index contributed by atoms with van der Waals surface area (Å²) in [6, 6.07) is 28.6. The van der Waals surface area contributed by atoms with Crippen molar-refractivity contribution in [1.82, 2.24) is 10.6 Å². The van der Waals surface area contributed by atoms with Crippen molar-refractivity contribution >= 4 is 11.8 Å². The molecule has 0 saturated carbocycles. The zero-order valence-corrected chi connectivity index (χ0v) is 16.4. The molecule has 3 aromatic carbocycles. The summed E-state index contributed by atoms with van der Waals surface area (Å²) in [5.41, 5.74) is 2.54. The fourth-order valence-corrected chi connectivity index (χ4v) is 3.23. The lowest BCUT2D eigenvalue weighted by Crippen LogP contribution is -2.33. The van der Waals surface area contributed by atoms with Crippen LogP contribution in [-0.2, 0) is 6.42 Å². The van der Waals surface area contributed by atoms with E-state index in [-0.39, 0.29) is 17.7 Å². The van der Waals surface area contributed by atoms with Crippen molar-refractivity contribution < 1.29 is 9.59 Å². The van der Waals surface area contributed by atoms with Crippen molar-refractivity contribution in [2.24, 2.45) is 5.92 Å². The van der Waals surface area contributed by atoms with Crippen LogP contribution in [0.3, 0.4) is 0 Å². The van der Waals surface area contributed by atoms with Crippen molar-refractivity contribution in [2.75, 3.05) is 13.1 Å². The third-order valence-corrected chi connectivity index (χ3v) is 4.83. The highest BCUT2D eigenvalue weighted by atomic mass is 16.2. The van der Waals surface area contributed by atoms with Crippen LogP contribution in [0.4, 0.5) is 0 Å². The molecule has 148 valence electrons. The number of nitrogens with one attached hydrogen (secondary N) is 2. The molecule has 0 heterocycles. The summed E-state index contributed by atoms with van der Waals surface area (Å²) in [4.78, 5) is 24.6. The second-order valence-corrected chi connectivity index (χ2v) is 7.04. The van der Waals surface area contributed by atoms with E-state index in [1.807, 2.05) is 66.7 Å². The quantitative estimate of drug-likeness (QED) is 0.582. The molecule has 2 N–H and O–H groups in total. The van der Waals surface area contributed by atoms with Gasteiger partial charge in [0.2, 0.25) is 0 Å². The molecule has 3 aromatic rings. The molecule has 0 radical (unpaired) electrons. The van der Waals surface area contributed by atoms with Gasteiger partial charge in [0.05, 0.1) is 0 Å². The van der Waals surface area contributed by atoms with Gasteiger partial charge in [-0.15, -0.1) is 0 Å². The van der Waals surface area contributed by atoms with Crippen LogP contribution in [0.1, 0.15) is 32.7 Å². The Morgan fingerprint density at radius 2 is 1.14 bits per heavy atom. The summed E-state index contributed by atoms with van der Waals surface area (Å²) in [7, 11) is 0. The maximum atomic E-state index is 12.4. The Hall–Kier alpha value is -3.40. The van der Waals surface area contributed by atoms with Crippen LogP contribution in [-0.4, -0.2) is 24.9 Å². The van der Waals surface area contributed by atoms with Gasteiger partial charge in [0, 0.05) is 24.2 Å². The number of benzene rings is 3. The van der Waals surface area contributed by atoms with Crippen molar-refractivity contribution in [3.8, 4) is 0 Å². The third kappa shape index (κ3) is 6.61. The van der Waals surface area contributed by atoms with Gasteiger partial charge >= 0.3 is 0 Å². The first-order valence-corrected chi connectivity index (χ1v) is 9.93. The number of carbonyl (C=O) groups excluding carboxylic acids is 2. The normalized spacial score (nSPS) is 11.4. The summed E-state index contributed by atoms with van der Waals surface area (Å²) in [5, 5.41) is 6.02. The first kappa shape index (κ1) is 20.3. The zero-order valence-electron chi connectivity index (χ0n) is 16.4. The number of amides is 2. The maximum absolute atomic E-state index is 12.4. The summed E-state index contributed by atoms with van der Waals surface area (Å²) < 4.78 is 0. The maximum Gasteiger partial charge on any atom is 0.251 e. The van der Waals surface area contributed by atoms with Gasteiger partial charge in [0.25, 0.3) is 11.8 Å². The molecule has 0 aliphatic rings. The van der Waals surface area contributed by atoms with E-state index in [2.05, 4.69) is 22.8 Å². The van der Waals surface area contributed by atoms with Gasteiger partial charge in [0.15, 0.2) is 0 Å². The first-order valence-electron chi connectivity index (χ1n) is 9.93. The van der Waals surface area contributed by atoms with E-state index in [0.29, 0.717) is 24.2 Å². The molecule has 0 aliphatic carbocycles. The van der Waals surface area contributed by atoms with Crippen LogP contribution in [0.5, 0.6) is 0 Å². The molecule has 0 aliphatic heterocycles. The number of rotatable bonds is 9. The largest absolute Gasteiger partial charge is 0.352 e. The predicted molar refractivity (Wildman–Crippen MR) is 116 cm³/mol. The molecular formula is C25H26N2O2. The van der Waals surface area contributed by atoms with E-state index in [1.165, 1.54) is 5.56 Å². The Labute approximate surface area is 172 Å². The third-order valence-electron chi connectivity index (χ3n) is 4.83. The molecule has 0 spiro atoms. The second kappa shape index (κ2) is 10.8. The van der Waals surface area contributed by atoms with Crippen LogP contribution in [0, 0.1) is 5.92 Å². The molecule has 0 bridgehead atoms. The fourth-order valence-electron chi connectivity index (χ4n) is 3.23. The van der Waals surface area contributed by atoms with Gasteiger partial charge < -0.3 is 10.6 Å². The van der Waals surface area contributed by atoms with E-state index in [0.717, 1.165) is 12.8 Å². The fraction of sp³-hybridized carbons (Fsp3) is 0.200. The molecule has 2 amide bonds. The number of carbonyl (C=O) groups is 2. The SMILES string of the molecule is O=C(NCC[C@@H](CNC(=O)c1ccccc1)Cc1ccccc1)c1ccccc1. The van der Waals surface area contributed by atoms with Crippen molar-refractivity contribution in [3.05, 3.63) is 108 Å². The highest BCUT2D eigenvalue weighted by molar-refractivity contribution is 5.94. The van der Waals surface area contributed by atoms with Crippen molar-refractivity contribution in [3.63, 3.8) is 0 Å². The number of hydrogen-bond donors (Lipinski definition) is 2. The van der Waals surface area contributed by atoms with Gasteiger partial charge in [-0.05, 0) is 48.6 Å². The van der Waals surface area contributed by atoms with Crippen LogP contribution in [0.2, 0.25) is 0 Å². The minimum Gasteiger partial charge on any atom is -0.352 e. The van der Waals surface area contributed by atoms with Crippen LogP contribution in [0.15, 0.2) is 91.0 Å². The Kier molecular flexibility index (Phi) is 7.58. The van der Waals surface area contributed by atoms with E-state index in [1.54, 1.807) is 12.1 Å². The number of hydrogen-bond acceptors (Lipinski definition) is 2. The Morgan fingerprint density at radius 1 is 0.655 bits per heavy atom. The Bertz CT molecular complexity index is 896. The van der Waals surface area contributed by atoms with E-state index < -0.39 is 0 Å². The highest BCUT2D eigenvalue weighted by Gasteiger charge is 2.13. The lowest BCUT2D eigenvalue weighted by molar-refractivity contribution is 0.0932. The van der Waals surface area contributed by atoms with Gasteiger partial charge in [0.1, 0.15) is 0 Å². The summed E-state index contributed by atoms with van der Waals surface area (Å²) in [6.07, 6.45) is 1.62. The highest BCUT2D eigenvalue weighted by Crippen LogP contribution is 2.12. The standard InChI is InChI=1S/C25H26N2O2/c28-24(22-12-6-2-7-13-22)26-17-16-21(18-20-10-4-1-5-11-20)19-27-25(29)23-14-8-3-9-15-23/h1-15,21H,16-19H2,(H,26,28)(H,27,29)/t21-/m1/s1. The lowest BCUT2D eigenvalue weighted by Gasteiger charge is -2.18. The molecule has 0 saturated heterocycles. The Balaban J connectivity index is 1.55. The van der Waals surface area contributed by atoms with Gasteiger partial charge in [-0.3, -0.25) is 9.59 Å². The van der Waals surface area contributed by atoms with Gasteiger partial charge in [-0.2, -0.15) is 0 Å². The topological polar surface area (TPSA) is 58.2 Å². The molecule has 1 atom stereocenters. The molecular weight excluding hydrogens is 360 g/mol. The molecule has 0 aromatic heterocycles. The summed E-state index contributed by atoms with van der Waals surface area (Å²) in [6.45, 7) is 1.12. The lowest BCUT2D eigenvalue weighted by atomic mass is 9.95. The van der Waals surface area contributed by atoms with Crippen molar-refractivity contribution in [2.45, 2.75) is 12.8 Å². The van der Waals surface area contributed by atoms with Gasteiger partial charge in [-0.25, -0.2) is 0 Å². The van der Waals surface area contributed by atoms with E-state index in [9.17, 15) is 9.59 Å². The first-order chi connectivity index (χ1) is 14.2. The summed E-state index contributed by atoms with van der Waals surface area (Å²) >= 11 is 0.